The Morgan fingerprint density at radius 2 is 1.68 bits per heavy atom. The average molecular weight is 377 g/mol. The minimum Gasteiger partial charge on any atom is -0.456 e. The number of rotatable bonds is 5. The fourth-order valence-electron chi connectivity index (χ4n) is 3.59. The number of hydrogen-bond donors (Lipinski definition) is 0. The molecule has 146 valence electrons. The zero-order chi connectivity index (χ0) is 19.3. The van der Waals surface area contributed by atoms with Crippen LogP contribution in [-0.4, -0.2) is 44.3 Å². The summed E-state index contributed by atoms with van der Waals surface area (Å²) < 4.78 is 11.6. The van der Waals surface area contributed by atoms with E-state index >= 15 is 0 Å². The van der Waals surface area contributed by atoms with Gasteiger partial charge in [-0.2, -0.15) is 0 Å². The van der Waals surface area contributed by atoms with Gasteiger partial charge in [0.25, 0.3) is 0 Å². The normalized spacial score (nSPS) is 16.0. The molecule has 3 aromatic rings. The predicted octanol–water partition coefficient (Wildman–Crippen LogP) is 4.34. The average Bonchev–Trinajstić information content (AvgIpc) is 2.72. The first-order chi connectivity index (χ1) is 13.7. The van der Waals surface area contributed by atoms with Crippen molar-refractivity contribution in [2.45, 2.75) is 20.3 Å². The molecule has 2 aromatic carbocycles. The minimum absolute atomic E-state index is 0.817. The Balaban J connectivity index is 1.62. The van der Waals surface area contributed by atoms with Crippen molar-refractivity contribution in [3.63, 3.8) is 0 Å². The van der Waals surface area contributed by atoms with E-state index < -0.39 is 0 Å². The lowest BCUT2D eigenvalue weighted by molar-refractivity contribution is 0.0377. The monoisotopic (exact) mass is 376 g/mol. The van der Waals surface area contributed by atoms with Crippen LogP contribution in [0.3, 0.4) is 0 Å². The van der Waals surface area contributed by atoms with Gasteiger partial charge in [-0.05, 0) is 32.4 Å². The number of ether oxygens (including phenoxy) is 1. The summed E-state index contributed by atoms with van der Waals surface area (Å²) in [5, 5.41) is 2.10. The lowest BCUT2D eigenvalue weighted by Crippen LogP contribution is -2.37. The van der Waals surface area contributed by atoms with Crippen molar-refractivity contribution >= 4 is 11.0 Å². The van der Waals surface area contributed by atoms with E-state index in [-0.39, 0.29) is 0 Å². The Labute approximate surface area is 166 Å². The predicted molar refractivity (Wildman–Crippen MR) is 113 cm³/mol. The number of morpholine rings is 1. The molecule has 0 N–H and O–H groups in total. The van der Waals surface area contributed by atoms with Gasteiger partial charge in [0.05, 0.1) is 18.6 Å². The van der Waals surface area contributed by atoms with Gasteiger partial charge in [0.15, 0.2) is 0 Å². The largest absolute Gasteiger partial charge is 0.456 e. The number of fused-ring (bicyclic) bond motifs is 1. The first kappa shape index (κ1) is 18.9. The van der Waals surface area contributed by atoms with Crippen LogP contribution in [0.5, 0.6) is 0 Å². The van der Waals surface area contributed by atoms with Gasteiger partial charge in [-0.15, -0.1) is 0 Å². The SMILES string of the molecule is Cc1ccc(-c2cc(=NCCCN3CCOCC3)c3cc(C)ccc3o2)cc1. The van der Waals surface area contributed by atoms with Crippen molar-refractivity contribution in [3.8, 4) is 11.3 Å². The van der Waals surface area contributed by atoms with E-state index in [1.165, 1.54) is 11.1 Å². The Kier molecular flexibility index (Phi) is 5.89. The molecule has 0 unspecified atom stereocenters. The Morgan fingerprint density at radius 1 is 0.929 bits per heavy atom. The van der Waals surface area contributed by atoms with Gasteiger partial charge < -0.3 is 9.15 Å². The molecule has 0 radical (unpaired) electrons. The summed E-state index contributed by atoms with van der Waals surface area (Å²) in [6.45, 7) is 9.86. The van der Waals surface area contributed by atoms with Gasteiger partial charge in [-0.1, -0.05) is 41.5 Å². The van der Waals surface area contributed by atoms with E-state index in [1.54, 1.807) is 0 Å². The maximum atomic E-state index is 6.20. The highest BCUT2D eigenvalue weighted by Gasteiger charge is 2.09. The van der Waals surface area contributed by atoms with Crippen LogP contribution in [0, 0.1) is 13.8 Å². The molecule has 4 heteroatoms. The zero-order valence-corrected chi connectivity index (χ0v) is 16.8. The van der Waals surface area contributed by atoms with Crippen LogP contribution in [-0.2, 0) is 4.74 Å². The van der Waals surface area contributed by atoms with Gasteiger partial charge in [0.1, 0.15) is 11.3 Å². The van der Waals surface area contributed by atoms with E-state index in [1.807, 2.05) is 0 Å². The molecule has 2 heterocycles. The van der Waals surface area contributed by atoms with Gasteiger partial charge in [-0.3, -0.25) is 9.89 Å². The third-order valence-corrected chi connectivity index (χ3v) is 5.25. The van der Waals surface area contributed by atoms with Crippen LogP contribution in [0.2, 0.25) is 0 Å². The van der Waals surface area contributed by atoms with Crippen molar-refractivity contribution in [1.82, 2.24) is 4.90 Å². The zero-order valence-electron chi connectivity index (χ0n) is 16.8. The van der Waals surface area contributed by atoms with E-state index in [4.69, 9.17) is 14.1 Å². The number of benzene rings is 2. The highest BCUT2D eigenvalue weighted by Crippen LogP contribution is 2.23. The quantitative estimate of drug-likeness (QED) is 0.622. The number of aryl methyl sites for hydroxylation is 2. The van der Waals surface area contributed by atoms with Crippen LogP contribution in [0.4, 0.5) is 0 Å². The van der Waals surface area contributed by atoms with E-state index in [0.29, 0.717) is 0 Å². The maximum absolute atomic E-state index is 6.20. The van der Waals surface area contributed by atoms with Crippen molar-refractivity contribution < 1.29 is 9.15 Å². The molecule has 4 nitrogen and oxygen atoms in total. The summed E-state index contributed by atoms with van der Waals surface area (Å²) in [4.78, 5) is 7.40. The van der Waals surface area contributed by atoms with Crippen LogP contribution in [0.1, 0.15) is 17.5 Å². The molecule has 4 rings (SSSR count). The molecule has 1 aromatic heterocycles. The third-order valence-electron chi connectivity index (χ3n) is 5.25. The van der Waals surface area contributed by atoms with Gasteiger partial charge in [-0.25, -0.2) is 0 Å². The molecule has 1 aliphatic rings. The molecular formula is C24H28N2O2. The lowest BCUT2D eigenvalue weighted by atomic mass is 10.1. The maximum Gasteiger partial charge on any atom is 0.136 e. The summed E-state index contributed by atoms with van der Waals surface area (Å²) in [6, 6.07) is 16.8. The van der Waals surface area contributed by atoms with Crippen molar-refractivity contribution in [3.05, 3.63) is 65.0 Å². The first-order valence-corrected chi connectivity index (χ1v) is 10.1. The lowest BCUT2D eigenvalue weighted by Gasteiger charge is -2.26. The molecule has 1 aliphatic heterocycles. The van der Waals surface area contributed by atoms with Crippen molar-refractivity contribution in [2.75, 3.05) is 39.4 Å². The summed E-state index contributed by atoms with van der Waals surface area (Å²) >= 11 is 0. The fourth-order valence-corrected chi connectivity index (χ4v) is 3.59. The molecule has 28 heavy (non-hydrogen) atoms. The number of nitrogens with zero attached hydrogens (tertiary/aromatic N) is 2. The number of hydrogen-bond acceptors (Lipinski definition) is 4. The van der Waals surface area contributed by atoms with Crippen LogP contribution in [0.25, 0.3) is 22.3 Å². The third kappa shape index (κ3) is 4.51. The molecule has 0 spiro atoms. The Bertz CT molecular complexity index is 999. The van der Waals surface area contributed by atoms with Crippen LogP contribution < -0.4 is 5.36 Å². The molecule has 0 amide bonds. The van der Waals surface area contributed by atoms with Gasteiger partial charge in [0, 0.05) is 43.2 Å². The van der Waals surface area contributed by atoms with E-state index in [9.17, 15) is 0 Å². The van der Waals surface area contributed by atoms with Crippen molar-refractivity contribution in [2.24, 2.45) is 4.99 Å². The summed E-state index contributed by atoms with van der Waals surface area (Å²) in [6.07, 6.45) is 1.05. The molecule has 1 fully saturated rings. The fraction of sp³-hybridized carbons (Fsp3) is 0.375. The molecule has 0 saturated carbocycles. The van der Waals surface area contributed by atoms with E-state index in [2.05, 4.69) is 67.3 Å². The highest BCUT2D eigenvalue weighted by molar-refractivity contribution is 5.79. The molecular weight excluding hydrogens is 348 g/mol. The standard InChI is InChI=1S/C24H28N2O2/c1-18-4-7-20(8-5-18)24-17-22(21-16-19(2)6-9-23(21)28-24)25-10-3-11-26-12-14-27-15-13-26/h4-9,16-17H,3,10-15H2,1-2H3. The summed E-state index contributed by atoms with van der Waals surface area (Å²) in [5.74, 6) is 0.864. The smallest absolute Gasteiger partial charge is 0.136 e. The second-order valence-corrected chi connectivity index (χ2v) is 7.55. The van der Waals surface area contributed by atoms with Gasteiger partial charge >= 0.3 is 0 Å². The van der Waals surface area contributed by atoms with Gasteiger partial charge in [0.2, 0.25) is 0 Å². The second-order valence-electron chi connectivity index (χ2n) is 7.55. The first-order valence-electron chi connectivity index (χ1n) is 10.1. The van der Waals surface area contributed by atoms with Crippen LogP contribution >= 0.6 is 0 Å². The topological polar surface area (TPSA) is 38.0 Å². The Hall–Kier alpha value is -2.43. The van der Waals surface area contributed by atoms with Crippen LogP contribution in [0.15, 0.2) is 57.9 Å². The molecule has 0 bridgehead atoms. The second kappa shape index (κ2) is 8.72. The highest BCUT2D eigenvalue weighted by atomic mass is 16.5. The molecule has 0 aliphatic carbocycles. The summed E-state index contributed by atoms with van der Waals surface area (Å²) in [7, 11) is 0. The Morgan fingerprint density at radius 3 is 2.46 bits per heavy atom. The molecule has 1 saturated heterocycles. The summed E-state index contributed by atoms with van der Waals surface area (Å²) in [5.41, 5.74) is 4.43. The molecule has 0 atom stereocenters. The van der Waals surface area contributed by atoms with Crippen molar-refractivity contribution in [1.29, 1.82) is 0 Å². The van der Waals surface area contributed by atoms with E-state index in [0.717, 1.165) is 73.5 Å². The minimum atomic E-state index is 0.817.